The van der Waals surface area contributed by atoms with E-state index in [4.69, 9.17) is 4.99 Å². The zero-order valence-corrected chi connectivity index (χ0v) is 20.2. The average molecular weight is 508 g/mol. The van der Waals surface area contributed by atoms with Crippen molar-refractivity contribution in [1.29, 1.82) is 0 Å². The molecule has 0 saturated carbocycles. The Morgan fingerprint density at radius 2 is 2.00 bits per heavy atom. The van der Waals surface area contributed by atoms with E-state index in [9.17, 15) is 4.79 Å². The fourth-order valence-corrected chi connectivity index (χ4v) is 3.69. The van der Waals surface area contributed by atoms with Gasteiger partial charge in [-0.15, -0.1) is 35.3 Å². The molecule has 1 aromatic rings. The molecule has 7 nitrogen and oxygen atoms in total. The second-order valence-electron chi connectivity index (χ2n) is 6.93. The Morgan fingerprint density at radius 1 is 1.33 bits per heavy atom. The molecule has 27 heavy (non-hydrogen) atoms. The summed E-state index contributed by atoms with van der Waals surface area (Å²) in [6.07, 6.45) is 2.03. The molecule has 0 unspecified atom stereocenters. The third-order valence-corrected chi connectivity index (χ3v) is 5.63. The van der Waals surface area contributed by atoms with Crippen molar-refractivity contribution >= 4 is 47.2 Å². The van der Waals surface area contributed by atoms with Crippen LogP contribution in [-0.2, 0) is 11.3 Å². The Labute approximate surface area is 184 Å². The largest absolute Gasteiger partial charge is 0.357 e. The minimum Gasteiger partial charge on any atom is -0.357 e. The summed E-state index contributed by atoms with van der Waals surface area (Å²) in [5.41, 5.74) is 1.10. The van der Waals surface area contributed by atoms with Crippen molar-refractivity contribution in [3.8, 4) is 0 Å². The van der Waals surface area contributed by atoms with Crippen LogP contribution in [0.1, 0.15) is 35.3 Å². The minimum absolute atomic E-state index is 0. The van der Waals surface area contributed by atoms with Crippen LogP contribution in [0.5, 0.6) is 0 Å². The molecule has 1 saturated heterocycles. The number of amides is 1. The number of carbonyl (C=O) groups is 1. The predicted octanol–water partition coefficient (Wildman–Crippen LogP) is 1.99. The zero-order valence-electron chi connectivity index (χ0n) is 17.0. The number of guanidine groups is 1. The second kappa shape index (κ2) is 11.8. The van der Waals surface area contributed by atoms with E-state index in [1.165, 1.54) is 4.88 Å². The number of nitrogens with zero attached hydrogens (tertiary/aromatic N) is 4. The van der Waals surface area contributed by atoms with Crippen LogP contribution in [0.4, 0.5) is 0 Å². The van der Waals surface area contributed by atoms with Gasteiger partial charge in [-0.25, -0.2) is 9.98 Å². The third-order valence-electron chi connectivity index (χ3n) is 4.58. The van der Waals surface area contributed by atoms with Gasteiger partial charge >= 0.3 is 0 Å². The molecule has 0 aliphatic carbocycles. The Morgan fingerprint density at radius 3 is 2.52 bits per heavy atom. The molecule has 1 aromatic heterocycles. The summed E-state index contributed by atoms with van der Waals surface area (Å²) in [6, 6.07) is 0.387. The lowest BCUT2D eigenvalue weighted by atomic mass is 10.1. The number of halogens is 1. The topological polar surface area (TPSA) is 72.9 Å². The summed E-state index contributed by atoms with van der Waals surface area (Å²) in [5.74, 6) is 1.01. The molecular weight excluding hydrogens is 475 g/mol. The van der Waals surface area contributed by atoms with Crippen LogP contribution >= 0.6 is 35.3 Å². The Kier molecular flexibility index (Phi) is 10.5. The van der Waals surface area contributed by atoms with Crippen molar-refractivity contribution in [2.45, 2.75) is 46.2 Å². The van der Waals surface area contributed by atoms with Gasteiger partial charge in [0.2, 0.25) is 5.91 Å². The van der Waals surface area contributed by atoms with Gasteiger partial charge in [0.25, 0.3) is 0 Å². The molecule has 2 N–H and O–H groups in total. The van der Waals surface area contributed by atoms with E-state index in [1.54, 1.807) is 30.3 Å². The molecule has 1 aliphatic rings. The number of carbonyl (C=O) groups excluding carboxylic acids is 1. The maximum Gasteiger partial charge on any atom is 0.236 e. The maximum atomic E-state index is 11.8. The van der Waals surface area contributed by atoms with Crippen LogP contribution in [0.15, 0.2) is 4.99 Å². The highest BCUT2D eigenvalue weighted by Gasteiger charge is 2.22. The first-order valence-corrected chi connectivity index (χ1v) is 10.1. The van der Waals surface area contributed by atoms with Crippen LogP contribution < -0.4 is 10.6 Å². The molecule has 1 amide bonds. The highest BCUT2D eigenvalue weighted by Crippen LogP contribution is 2.17. The van der Waals surface area contributed by atoms with E-state index in [1.807, 2.05) is 6.92 Å². The smallest absolute Gasteiger partial charge is 0.236 e. The number of aromatic nitrogens is 1. The molecule has 0 bridgehead atoms. The Bertz CT molecular complexity index is 606. The second-order valence-corrected chi connectivity index (χ2v) is 8.22. The number of hydrogen-bond donors (Lipinski definition) is 2. The van der Waals surface area contributed by atoms with Crippen molar-refractivity contribution in [2.75, 3.05) is 40.3 Å². The van der Waals surface area contributed by atoms with Gasteiger partial charge in [-0.2, -0.15) is 0 Å². The first-order valence-electron chi connectivity index (χ1n) is 9.29. The van der Waals surface area contributed by atoms with Gasteiger partial charge in [0, 0.05) is 44.6 Å². The summed E-state index contributed by atoms with van der Waals surface area (Å²) < 4.78 is 0. The quantitative estimate of drug-likeness (QED) is 0.350. The summed E-state index contributed by atoms with van der Waals surface area (Å²) in [7, 11) is 3.61. The summed E-state index contributed by atoms with van der Waals surface area (Å²) >= 11 is 1.71. The lowest BCUT2D eigenvalue weighted by Gasteiger charge is -2.33. The normalized spacial score (nSPS) is 16.0. The number of rotatable bonds is 6. The summed E-state index contributed by atoms with van der Waals surface area (Å²) in [5, 5.41) is 7.91. The fraction of sp³-hybridized carbons (Fsp3) is 0.722. The molecule has 1 fully saturated rings. The highest BCUT2D eigenvalue weighted by molar-refractivity contribution is 14.0. The van der Waals surface area contributed by atoms with Gasteiger partial charge in [-0.3, -0.25) is 9.69 Å². The van der Waals surface area contributed by atoms with E-state index < -0.39 is 0 Å². The Balaban J connectivity index is 0.00000364. The van der Waals surface area contributed by atoms with E-state index in [0.29, 0.717) is 19.1 Å². The van der Waals surface area contributed by atoms with E-state index in [-0.39, 0.29) is 29.9 Å². The number of likely N-dealkylation sites (N-methyl/N-ethyl adjacent to an activating group) is 1. The molecule has 0 radical (unpaired) electrons. The maximum absolute atomic E-state index is 11.8. The molecule has 1 aliphatic heterocycles. The minimum atomic E-state index is 0. The number of aryl methyl sites for hydroxylation is 2. The lowest BCUT2D eigenvalue weighted by Crippen LogP contribution is -2.50. The Hall–Kier alpha value is -0.940. The summed E-state index contributed by atoms with van der Waals surface area (Å²) in [6.45, 7) is 10.0. The molecule has 0 aromatic carbocycles. The average Bonchev–Trinajstić information content (AvgIpc) is 2.92. The van der Waals surface area contributed by atoms with Gasteiger partial charge in [-0.05, 0) is 33.6 Å². The molecule has 154 valence electrons. The van der Waals surface area contributed by atoms with Crippen LogP contribution in [0.2, 0.25) is 0 Å². The first kappa shape index (κ1) is 24.1. The van der Waals surface area contributed by atoms with Crippen LogP contribution in [-0.4, -0.2) is 73.0 Å². The monoisotopic (exact) mass is 508 g/mol. The number of piperidine rings is 1. The first-order chi connectivity index (χ1) is 12.4. The highest BCUT2D eigenvalue weighted by atomic mass is 127. The van der Waals surface area contributed by atoms with Crippen LogP contribution in [0, 0.1) is 13.8 Å². The molecular formula is C18H33IN6OS. The van der Waals surface area contributed by atoms with Gasteiger partial charge < -0.3 is 15.5 Å². The molecule has 0 spiro atoms. The van der Waals surface area contributed by atoms with Gasteiger partial charge in [0.05, 0.1) is 18.8 Å². The number of likely N-dealkylation sites (tertiary alicyclic amines) is 1. The fourth-order valence-electron chi connectivity index (χ4n) is 2.83. The van der Waals surface area contributed by atoms with Crippen LogP contribution in [0.25, 0.3) is 0 Å². The standard InChI is InChI=1S/C18H32N6OS.HI/c1-6-19-18(20-11-16-21-13(2)14(3)26-16)22-15-7-9-24(10-8-15)12-17(25)23(4)5;/h15H,6-12H2,1-5H3,(H2,19,20,22);1H. The van der Waals surface area contributed by atoms with Crippen molar-refractivity contribution in [3.63, 3.8) is 0 Å². The molecule has 0 atom stereocenters. The summed E-state index contributed by atoms with van der Waals surface area (Å²) in [4.78, 5) is 26.2. The number of hydrogen-bond acceptors (Lipinski definition) is 5. The van der Waals surface area contributed by atoms with Gasteiger partial charge in [-0.1, -0.05) is 0 Å². The van der Waals surface area contributed by atoms with E-state index >= 15 is 0 Å². The van der Waals surface area contributed by atoms with Crippen molar-refractivity contribution in [1.82, 2.24) is 25.4 Å². The number of thiazole rings is 1. The molecule has 2 rings (SSSR count). The van der Waals surface area contributed by atoms with Gasteiger partial charge in [0.15, 0.2) is 5.96 Å². The lowest BCUT2D eigenvalue weighted by molar-refractivity contribution is -0.130. The van der Waals surface area contributed by atoms with Crippen molar-refractivity contribution < 1.29 is 4.79 Å². The van der Waals surface area contributed by atoms with E-state index in [2.05, 4.69) is 34.4 Å². The number of aliphatic imine (C=N–C) groups is 1. The van der Waals surface area contributed by atoms with E-state index in [0.717, 1.165) is 49.1 Å². The third kappa shape index (κ3) is 7.90. The van der Waals surface area contributed by atoms with Crippen LogP contribution in [0.3, 0.4) is 0 Å². The van der Waals surface area contributed by atoms with Crippen molar-refractivity contribution in [3.05, 3.63) is 15.6 Å². The number of nitrogens with one attached hydrogen (secondary N) is 2. The SMILES string of the molecule is CCNC(=NCc1nc(C)c(C)s1)NC1CCN(CC(=O)N(C)C)CC1.I. The molecule has 2 heterocycles. The zero-order chi connectivity index (χ0) is 19.1. The molecule has 9 heteroatoms. The van der Waals surface area contributed by atoms with Crippen molar-refractivity contribution in [2.24, 2.45) is 4.99 Å². The van der Waals surface area contributed by atoms with Gasteiger partial charge in [0.1, 0.15) is 5.01 Å². The predicted molar refractivity (Wildman–Crippen MR) is 123 cm³/mol.